The van der Waals surface area contributed by atoms with Crippen molar-refractivity contribution in [1.29, 1.82) is 0 Å². The molecule has 0 fully saturated rings. The van der Waals surface area contributed by atoms with Crippen molar-refractivity contribution in [3.63, 3.8) is 0 Å². The third kappa shape index (κ3) is 6.28. The van der Waals surface area contributed by atoms with Crippen LogP contribution >= 0.6 is 0 Å². The number of Topliss-reactive ketones (excluding diaryl/α,β-unsaturated/α-hetero) is 1. The first-order valence-electron chi connectivity index (χ1n) is 4.47. The molecule has 0 unspecified atom stereocenters. The second kappa shape index (κ2) is 6.60. The van der Waals surface area contributed by atoms with Crippen LogP contribution in [0.3, 0.4) is 0 Å². The predicted molar refractivity (Wildman–Crippen MR) is 49.2 cm³/mol. The molecule has 0 radical (unpaired) electrons. The second-order valence-corrected chi connectivity index (χ2v) is 2.83. The van der Waals surface area contributed by atoms with Gasteiger partial charge in [0.2, 0.25) is 0 Å². The Bertz CT molecular complexity index is 176. The normalized spacial score (nSPS) is 10.2. The van der Waals surface area contributed by atoms with Crippen molar-refractivity contribution >= 4 is 11.8 Å². The summed E-state index contributed by atoms with van der Waals surface area (Å²) in [7, 11) is 0. The number of esters is 1. The molecule has 4 nitrogen and oxygen atoms in total. The SMILES string of the molecule is CCN(CC)COC(=O)CC(C)=O. The summed E-state index contributed by atoms with van der Waals surface area (Å²) in [6.45, 7) is 7.30. The van der Waals surface area contributed by atoms with E-state index in [-0.39, 0.29) is 18.9 Å². The van der Waals surface area contributed by atoms with Gasteiger partial charge in [-0.25, -0.2) is 0 Å². The van der Waals surface area contributed by atoms with Gasteiger partial charge in [-0.15, -0.1) is 0 Å². The topological polar surface area (TPSA) is 46.6 Å². The van der Waals surface area contributed by atoms with Crippen molar-refractivity contribution in [2.24, 2.45) is 0 Å². The predicted octanol–water partition coefficient (Wildman–Crippen LogP) is 0.808. The summed E-state index contributed by atoms with van der Waals surface area (Å²) >= 11 is 0. The van der Waals surface area contributed by atoms with Crippen molar-refractivity contribution in [3.8, 4) is 0 Å². The van der Waals surface area contributed by atoms with Crippen LogP contribution in [0.1, 0.15) is 27.2 Å². The average Bonchev–Trinajstić information content (AvgIpc) is 2.05. The van der Waals surface area contributed by atoms with Crippen LogP contribution in [0.2, 0.25) is 0 Å². The smallest absolute Gasteiger partial charge is 0.314 e. The highest BCUT2D eigenvalue weighted by Gasteiger charge is 2.07. The molecule has 0 amide bonds. The van der Waals surface area contributed by atoms with E-state index in [1.807, 2.05) is 18.7 Å². The summed E-state index contributed by atoms with van der Waals surface area (Å²) in [4.78, 5) is 23.4. The maximum atomic E-state index is 10.9. The first-order chi connectivity index (χ1) is 6.10. The molecule has 0 saturated heterocycles. The van der Waals surface area contributed by atoms with Gasteiger partial charge in [-0.05, 0) is 20.0 Å². The Labute approximate surface area is 78.9 Å². The van der Waals surface area contributed by atoms with Crippen LogP contribution in [0.25, 0.3) is 0 Å². The van der Waals surface area contributed by atoms with E-state index in [9.17, 15) is 9.59 Å². The summed E-state index contributed by atoms with van der Waals surface area (Å²) in [6.07, 6.45) is -0.124. The van der Waals surface area contributed by atoms with E-state index in [1.165, 1.54) is 6.92 Å². The lowest BCUT2D eigenvalue weighted by Crippen LogP contribution is -2.27. The van der Waals surface area contributed by atoms with E-state index in [1.54, 1.807) is 0 Å². The van der Waals surface area contributed by atoms with Crippen LogP contribution in [0, 0.1) is 0 Å². The minimum atomic E-state index is -0.445. The van der Waals surface area contributed by atoms with Crippen LogP contribution < -0.4 is 0 Å². The number of carbonyl (C=O) groups is 2. The van der Waals surface area contributed by atoms with Crippen molar-refractivity contribution in [3.05, 3.63) is 0 Å². The molecule has 0 atom stereocenters. The Kier molecular flexibility index (Phi) is 6.14. The Morgan fingerprint density at radius 3 is 2.15 bits per heavy atom. The van der Waals surface area contributed by atoms with Gasteiger partial charge < -0.3 is 4.74 Å². The Hall–Kier alpha value is -0.900. The molecule has 0 bridgehead atoms. The van der Waals surface area contributed by atoms with Crippen molar-refractivity contribution in [1.82, 2.24) is 4.90 Å². The van der Waals surface area contributed by atoms with Gasteiger partial charge in [0.1, 0.15) is 18.9 Å². The molecular formula is C9H17NO3. The molecule has 0 aromatic heterocycles. The number of carbonyl (C=O) groups excluding carboxylic acids is 2. The second-order valence-electron chi connectivity index (χ2n) is 2.83. The van der Waals surface area contributed by atoms with Gasteiger partial charge in [0.15, 0.2) is 0 Å². The third-order valence-electron chi connectivity index (χ3n) is 1.70. The highest BCUT2D eigenvalue weighted by molar-refractivity contribution is 5.94. The van der Waals surface area contributed by atoms with E-state index in [0.29, 0.717) is 0 Å². The fraction of sp³-hybridized carbons (Fsp3) is 0.778. The standard InChI is InChI=1S/C9H17NO3/c1-4-10(5-2)7-13-9(12)6-8(3)11/h4-7H2,1-3H3. The quantitative estimate of drug-likeness (QED) is 0.350. The fourth-order valence-corrected chi connectivity index (χ4v) is 0.824. The Balaban J connectivity index is 3.62. The molecule has 0 aliphatic rings. The highest BCUT2D eigenvalue weighted by Crippen LogP contribution is 1.92. The summed E-state index contributed by atoms with van der Waals surface area (Å²) in [5, 5.41) is 0. The van der Waals surface area contributed by atoms with Crippen molar-refractivity contribution in [2.45, 2.75) is 27.2 Å². The molecule has 0 N–H and O–H groups in total. The van der Waals surface area contributed by atoms with Crippen LogP contribution in [0.15, 0.2) is 0 Å². The van der Waals surface area contributed by atoms with Gasteiger partial charge in [-0.2, -0.15) is 0 Å². The zero-order valence-electron chi connectivity index (χ0n) is 8.50. The van der Waals surface area contributed by atoms with Gasteiger partial charge in [0.25, 0.3) is 0 Å². The lowest BCUT2D eigenvalue weighted by molar-refractivity contribution is -0.149. The van der Waals surface area contributed by atoms with Crippen LogP contribution in [0.4, 0.5) is 0 Å². The van der Waals surface area contributed by atoms with E-state index < -0.39 is 5.97 Å². The molecule has 0 aliphatic heterocycles. The molecule has 0 saturated carbocycles. The molecule has 0 aromatic carbocycles. The maximum absolute atomic E-state index is 10.9. The van der Waals surface area contributed by atoms with E-state index in [4.69, 9.17) is 4.74 Å². The zero-order valence-corrected chi connectivity index (χ0v) is 8.50. The number of ether oxygens (including phenoxy) is 1. The highest BCUT2D eigenvalue weighted by atomic mass is 16.5. The Morgan fingerprint density at radius 1 is 1.23 bits per heavy atom. The molecule has 0 rings (SSSR count). The molecule has 76 valence electrons. The number of rotatable bonds is 6. The van der Waals surface area contributed by atoms with Gasteiger partial charge in [-0.1, -0.05) is 13.8 Å². The molecule has 0 spiro atoms. The van der Waals surface area contributed by atoms with Gasteiger partial charge in [-0.3, -0.25) is 14.5 Å². The summed E-state index contributed by atoms with van der Waals surface area (Å²) in [5.74, 6) is -0.607. The fourth-order valence-electron chi connectivity index (χ4n) is 0.824. The minimum absolute atomic E-state index is 0.124. The molecule has 13 heavy (non-hydrogen) atoms. The average molecular weight is 187 g/mol. The molecular weight excluding hydrogens is 170 g/mol. The lowest BCUT2D eigenvalue weighted by Gasteiger charge is -2.17. The molecule has 0 aliphatic carbocycles. The van der Waals surface area contributed by atoms with E-state index in [0.717, 1.165) is 13.1 Å². The van der Waals surface area contributed by atoms with Gasteiger partial charge >= 0.3 is 5.97 Å². The first-order valence-corrected chi connectivity index (χ1v) is 4.47. The van der Waals surface area contributed by atoms with E-state index >= 15 is 0 Å². The summed E-state index contributed by atoms with van der Waals surface area (Å²) < 4.78 is 4.86. The van der Waals surface area contributed by atoms with Crippen LogP contribution in [0.5, 0.6) is 0 Å². The number of ketones is 1. The summed E-state index contributed by atoms with van der Waals surface area (Å²) in [6, 6.07) is 0. The minimum Gasteiger partial charge on any atom is -0.449 e. The third-order valence-corrected chi connectivity index (χ3v) is 1.70. The largest absolute Gasteiger partial charge is 0.449 e. The molecule has 4 heteroatoms. The van der Waals surface area contributed by atoms with Crippen molar-refractivity contribution < 1.29 is 14.3 Å². The maximum Gasteiger partial charge on any atom is 0.314 e. The number of hydrogen-bond acceptors (Lipinski definition) is 4. The lowest BCUT2D eigenvalue weighted by atomic mass is 10.3. The van der Waals surface area contributed by atoms with Crippen LogP contribution in [-0.2, 0) is 14.3 Å². The first kappa shape index (κ1) is 12.1. The van der Waals surface area contributed by atoms with Crippen molar-refractivity contribution in [2.75, 3.05) is 19.8 Å². The van der Waals surface area contributed by atoms with Gasteiger partial charge in [0.05, 0.1) is 0 Å². The number of nitrogens with zero attached hydrogens (tertiary/aromatic N) is 1. The number of hydrogen-bond donors (Lipinski definition) is 0. The Morgan fingerprint density at radius 2 is 1.77 bits per heavy atom. The summed E-state index contributed by atoms with van der Waals surface area (Å²) in [5.41, 5.74) is 0. The molecule has 0 heterocycles. The van der Waals surface area contributed by atoms with Crippen LogP contribution in [-0.4, -0.2) is 36.5 Å². The zero-order chi connectivity index (χ0) is 10.3. The monoisotopic (exact) mass is 187 g/mol. The molecule has 0 aromatic rings. The van der Waals surface area contributed by atoms with E-state index in [2.05, 4.69) is 0 Å². The van der Waals surface area contributed by atoms with Gasteiger partial charge in [0, 0.05) is 0 Å².